The Labute approximate surface area is 127 Å². The predicted octanol–water partition coefficient (Wildman–Crippen LogP) is 2.16. The number of nitrogens with one attached hydrogen (secondary N) is 2. The molecule has 1 heterocycles. The highest BCUT2D eigenvalue weighted by Gasteiger charge is 2.34. The van der Waals surface area contributed by atoms with Crippen LogP contribution in [0.4, 0.5) is 0 Å². The van der Waals surface area contributed by atoms with E-state index < -0.39 is 5.97 Å². The molecule has 0 aromatic rings. The van der Waals surface area contributed by atoms with Crippen LogP contribution >= 0.6 is 0 Å². The van der Waals surface area contributed by atoms with Crippen LogP contribution in [0.3, 0.4) is 0 Å². The summed E-state index contributed by atoms with van der Waals surface area (Å²) in [6, 6.07) is 0. The first-order chi connectivity index (χ1) is 9.98. The Morgan fingerprint density at radius 1 is 1.33 bits per heavy atom. The van der Waals surface area contributed by atoms with Gasteiger partial charge in [0.15, 0.2) is 0 Å². The molecule has 0 radical (unpaired) electrons. The van der Waals surface area contributed by atoms with E-state index in [1.54, 1.807) is 0 Å². The van der Waals surface area contributed by atoms with Crippen molar-refractivity contribution >= 4 is 11.9 Å². The maximum Gasteiger partial charge on any atom is 0.303 e. The minimum atomic E-state index is -0.735. The van der Waals surface area contributed by atoms with Crippen LogP contribution in [0.2, 0.25) is 0 Å². The molecule has 3 N–H and O–H groups in total. The fourth-order valence-corrected chi connectivity index (χ4v) is 3.02. The van der Waals surface area contributed by atoms with Crippen LogP contribution in [0.15, 0.2) is 0 Å². The minimum Gasteiger partial charge on any atom is -0.481 e. The summed E-state index contributed by atoms with van der Waals surface area (Å²) < 4.78 is 0. The van der Waals surface area contributed by atoms with Crippen molar-refractivity contribution in [3.63, 3.8) is 0 Å². The summed E-state index contributed by atoms with van der Waals surface area (Å²) in [4.78, 5) is 22.9. The Balaban J connectivity index is 2.31. The van der Waals surface area contributed by atoms with Crippen molar-refractivity contribution < 1.29 is 14.7 Å². The van der Waals surface area contributed by atoms with E-state index in [0.717, 1.165) is 45.2 Å². The fraction of sp³-hybridized carbons (Fsp3) is 0.875. The van der Waals surface area contributed by atoms with Crippen molar-refractivity contribution in [2.75, 3.05) is 19.6 Å². The standard InChI is InChI=1S/C16H30N2O3/c1-3-5-13(6-7-14(19)20)8-11-18-15(21)16(2)9-4-10-17-12-16/h13,17H,3-12H2,1-2H3,(H,18,21)(H,19,20). The van der Waals surface area contributed by atoms with Crippen molar-refractivity contribution in [1.82, 2.24) is 10.6 Å². The van der Waals surface area contributed by atoms with Gasteiger partial charge in [0.2, 0.25) is 5.91 Å². The number of hydrogen-bond donors (Lipinski definition) is 3. The van der Waals surface area contributed by atoms with Gasteiger partial charge in [0.25, 0.3) is 0 Å². The van der Waals surface area contributed by atoms with Crippen molar-refractivity contribution in [1.29, 1.82) is 0 Å². The van der Waals surface area contributed by atoms with Gasteiger partial charge < -0.3 is 15.7 Å². The lowest BCUT2D eigenvalue weighted by atomic mass is 9.82. The zero-order valence-corrected chi connectivity index (χ0v) is 13.4. The molecule has 21 heavy (non-hydrogen) atoms. The lowest BCUT2D eigenvalue weighted by molar-refractivity contribution is -0.137. The van der Waals surface area contributed by atoms with Crippen molar-refractivity contribution in [3.8, 4) is 0 Å². The second-order valence-corrected chi connectivity index (χ2v) is 6.47. The molecule has 0 aliphatic carbocycles. The van der Waals surface area contributed by atoms with Gasteiger partial charge in [0.1, 0.15) is 0 Å². The predicted molar refractivity (Wildman–Crippen MR) is 83.1 cm³/mol. The van der Waals surface area contributed by atoms with Crippen LogP contribution in [0.25, 0.3) is 0 Å². The normalized spacial score (nSPS) is 23.5. The topological polar surface area (TPSA) is 78.4 Å². The maximum atomic E-state index is 12.3. The molecular weight excluding hydrogens is 268 g/mol. The van der Waals surface area contributed by atoms with Gasteiger partial charge in [-0.1, -0.05) is 19.8 Å². The maximum absolute atomic E-state index is 12.3. The lowest BCUT2D eigenvalue weighted by Crippen LogP contribution is -2.48. The molecule has 0 aromatic carbocycles. The van der Waals surface area contributed by atoms with E-state index in [9.17, 15) is 9.59 Å². The van der Waals surface area contributed by atoms with Crippen LogP contribution in [0.1, 0.15) is 58.8 Å². The van der Waals surface area contributed by atoms with Gasteiger partial charge in [0, 0.05) is 19.5 Å². The third kappa shape index (κ3) is 6.46. The average Bonchev–Trinajstić information content (AvgIpc) is 2.45. The van der Waals surface area contributed by atoms with E-state index in [2.05, 4.69) is 17.6 Å². The molecule has 1 aliphatic heterocycles. The van der Waals surface area contributed by atoms with Gasteiger partial charge in [-0.05, 0) is 45.1 Å². The van der Waals surface area contributed by atoms with Crippen LogP contribution in [-0.2, 0) is 9.59 Å². The molecule has 1 aliphatic rings. The molecule has 5 nitrogen and oxygen atoms in total. The van der Waals surface area contributed by atoms with Crippen LogP contribution in [-0.4, -0.2) is 36.6 Å². The molecule has 1 amide bonds. The number of aliphatic carboxylic acids is 1. The number of amides is 1. The van der Waals surface area contributed by atoms with Gasteiger partial charge in [-0.25, -0.2) is 0 Å². The van der Waals surface area contributed by atoms with Gasteiger partial charge in [-0.15, -0.1) is 0 Å². The number of piperidine rings is 1. The van der Waals surface area contributed by atoms with E-state index in [4.69, 9.17) is 5.11 Å². The van der Waals surface area contributed by atoms with E-state index in [1.807, 2.05) is 6.92 Å². The van der Waals surface area contributed by atoms with E-state index in [-0.39, 0.29) is 17.7 Å². The molecule has 122 valence electrons. The second kappa shape index (κ2) is 9.03. The molecule has 2 unspecified atom stereocenters. The van der Waals surface area contributed by atoms with Gasteiger partial charge in [-0.2, -0.15) is 0 Å². The quantitative estimate of drug-likeness (QED) is 0.609. The fourth-order valence-electron chi connectivity index (χ4n) is 3.02. The highest BCUT2D eigenvalue weighted by atomic mass is 16.4. The first-order valence-electron chi connectivity index (χ1n) is 8.19. The SMILES string of the molecule is CCCC(CCNC(=O)C1(C)CCCNC1)CCC(=O)O. The summed E-state index contributed by atoms with van der Waals surface area (Å²) in [7, 11) is 0. The number of carbonyl (C=O) groups is 2. The smallest absolute Gasteiger partial charge is 0.303 e. The van der Waals surface area contributed by atoms with Crippen molar-refractivity contribution in [3.05, 3.63) is 0 Å². The number of hydrogen-bond acceptors (Lipinski definition) is 3. The molecule has 1 saturated heterocycles. The third-order valence-electron chi connectivity index (χ3n) is 4.45. The van der Waals surface area contributed by atoms with Crippen molar-refractivity contribution in [2.24, 2.45) is 11.3 Å². The first-order valence-corrected chi connectivity index (χ1v) is 8.19. The number of carbonyl (C=O) groups excluding carboxylic acids is 1. The molecule has 0 bridgehead atoms. The Morgan fingerprint density at radius 3 is 2.67 bits per heavy atom. The number of carboxylic acids is 1. The lowest BCUT2D eigenvalue weighted by Gasteiger charge is -2.32. The molecule has 0 aromatic heterocycles. The second-order valence-electron chi connectivity index (χ2n) is 6.47. The summed E-state index contributed by atoms with van der Waals surface area (Å²) in [6.07, 6.45) is 5.86. The van der Waals surface area contributed by atoms with Crippen LogP contribution in [0.5, 0.6) is 0 Å². The largest absolute Gasteiger partial charge is 0.481 e. The summed E-state index contributed by atoms with van der Waals surface area (Å²) in [5, 5.41) is 15.1. The first kappa shape index (κ1) is 18.0. The molecular formula is C16H30N2O3. The summed E-state index contributed by atoms with van der Waals surface area (Å²) in [5.74, 6) is -0.215. The molecule has 2 atom stereocenters. The highest BCUT2D eigenvalue weighted by Crippen LogP contribution is 2.25. The van der Waals surface area contributed by atoms with Crippen LogP contribution in [0, 0.1) is 11.3 Å². The Bertz CT molecular complexity index is 338. The summed E-state index contributed by atoms with van der Waals surface area (Å²) in [5.41, 5.74) is -0.292. The average molecular weight is 298 g/mol. The third-order valence-corrected chi connectivity index (χ3v) is 4.45. The van der Waals surface area contributed by atoms with Gasteiger partial charge in [0.05, 0.1) is 5.41 Å². The van der Waals surface area contributed by atoms with Gasteiger partial charge >= 0.3 is 5.97 Å². The number of carboxylic acid groups (broad SMARTS) is 1. The van der Waals surface area contributed by atoms with E-state index >= 15 is 0 Å². The zero-order valence-electron chi connectivity index (χ0n) is 13.4. The number of rotatable bonds is 9. The summed E-state index contributed by atoms with van der Waals surface area (Å²) in [6.45, 7) is 6.52. The Kier molecular flexibility index (Phi) is 7.72. The molecule has 1 rings (SSSR count). The van der Waals surface area contributed by atoms with E-state index in [0.29, 0.717) is 18.9 Å². The minimum absolute atomic E-state index is 0.128. The zero-order chi connectivity index (χ0) is 15.7. The Hall–Kier alpha value is -1.10. The van der Waals surface area contributed by atoms with Crippen molar-refractivity contribution in [2.45, 2.75) is 58.8 Å². The molecule has 0 saturated carbocycles. The summed E-state index contributed by atoms with van der Waals surface area (Å²) >= 11 is 0. The monoisotopic (exact) mass is 298 g/mol. The van der Waals surface area contributed by atoms with Crippen LogP contribution < -0.4 is 10.6 Å². The molecule has 5 heteroatoms. The molecule has 0 spiro atoms. The molecule has 1 fully saturated rings. The van der Waals surface area contributed by atoms with E-state index in [1.165, 1.54) is 0 Å². The highest BCUT2D eigenvalue weighted by molar-refractivity contribution is 5.82. The Morgan fingerprint density at radius 2 is 2.10 bits per heavy atom. The van der Waals surface area contributed by atoms with Gasteiger partial charge in [-0.3, -0.25) is 9.59 Å².